The Hall–Kier alpha value is -1.15. The maximum absolute atomic E-state index is 12.2. The van der Waals surface area contributed by atoms with E-state index in [2.05, 4.69) is 29.5 Å². The molecule has 15 heavy (non-hydrogen) atoms. The van der Waals surface area contributed by atoms with Crippen molar-refractivity contribution in [1.29, 1.82) is 0 Å². The molecule has 0 N–H and O–H groups in total. The van der Waals surface area contributed by atoms with Crippen LogP contribution in [0.25, 0.3) is 0 Å². The summed E-state index contributed by atoms with van der Waals surface area (Å²) in [6.07, 6.45) is -2.76. The number of nitrogens with zero attached hydrogens (tertiary/aromatic N) is 1. The Bertz CT molecular complexity index is 390. The van der Waals surface area contributed by atoms with E-state index in [0.717, 1.165) is 12.3 Å². The normalized spacial score (nSPS) is 10.7. The van der Waals surface area contributed by atoms with Gasteiger partial charge < -0.3 is 0 Å². The average molecular weight is 231 g/mol. The Balaban J connectivity index is 2.90. The Morgan fingerprint density at radius 1 is 1.40 bits per heavy atom. The lowest BCUT2D eigenvalue weighted by atomic mass is 10.2. The van der Waals surface area contributed by atoms with E-state index in [1.165, 1.54) is 6.07 Å². The van der Waals surface area contributed by atoms with E-state index in [1.54, 1.807) is 0 Å². The van der Waals surface area contributed by atoms with Crippen LogP contribution in [0.3, 0.4) is 0 Å². The standard InChI is InChI=1S/C10H8F3NS/c11-10(12,13)9-7-8(4-5-14-9)3-1-2-6-15/h4-5,7,15H,2,6H2. The van der Waals surface area contributed by atoms with Crippen LogP contribution in [0.5, 0.6) is 0 Å². The molecular formula is C10H8F3NS. The van der Waals surface area contributed by atoms with Crippen molar-refractivity contribution in [3.8, 4) is 11.8 Å². The van der Waals surface area contributed by atoms with E-state index < -0.39 is 11.9 Å². The monoisotopic (exact) mass is 231 g/mol. The second-order valence-corrected chi connectivity index (χ2v) is 3.15. The van der Waals surface area contributed by atoms with Crippen molar-refractivity contribution in [2.24, 2.45) is 0 Å². The van der Waals surface area contributed by atoms with Crippen LogP contribution in [0.1, 0.15) is 17.7 Å². The second kappa shape index (κ2) is 5.08. The van der Waals surface area contributed by atoms with Crippen LogP contribution >= 0.6 is 12.6 Å². The van der Waals surface area contributed by atoms with Crippen molar-refractivity contribution >= 4 is 12.6 Å². The molecule has 0 radical (unpaired) electrons. The first-order chi connectivity index (χ1) is 7.04. The lowest BCUT2D eigenvalue weighted by Crippen LogP contribution is -2.07. The van der Waals surface area contributed by atoms with Crippen LogP contribution in [-0.4, -0.2) is 10.7 Å². The third-order valence-corrected chi connectivity index (χ3v) is 1.74. The van der Waals surface area contributed by atoms with Gasteiger partial charge in [-0.25, -0.2) is 0 Å². The first-order valence-corrected chi connectivity index (χ1v) is 4.80. The Morgan fingerprint density at radius 3 is 2.73 bits per heavy atom. The molecule has 1 nitrogen and oxygen atoms in total. The molecule has 1 aromatic heterocycles. The molecule has 5 heteroatoms. The Morgan fingerprint density at radius 2 is 2.13 bits per heavy atom. The summed E-state index contributed by atoms with van der Waals surface area (Å²) < 4.78 is 36.7. The van der Waals surface area contributed by atoms with Gasteiger partial charge in [0.2, 0.25) is 0 Å². The predicted molar refractivity (Wildman–Crippen MR) is 54.6 cm³/mol. The van der Waals surface area contributed by atoms with E-state index in [9.17, 15) is 13.2 Å². The molecule has 80 valence electrons. The summed E-state index contributed by atoms with van der Waals surface area (Å²) in [6.45, 7) is 0. The molecule has 0 bridgehead atoms. The molecule has 0 spiro atoms. The van der Waals surface area contributed by atoms with Crippen molar-refractivity contribution in [3.05, 3.63) is 29.6 Å². The van der Waals surface area contributed by atoms with E-state index in [1.807, 2.05) is 0 Å². The summed E-state index contributed by atoms with van der Waals surface area (Å²) in [6, 6.07) is 2.38. The molecule has 0 aliphatic carbocycles. The molecule has 0 atom stereocenters. The number of rotatable bonds is 1. The lowest BCUT2D eigenvalue weighted by molar-refractivity contribution is -0.141. The molecule has 0 aliphatic heterocycles. The second-order valence-electron chi connectivity index (χ2n) is 2.70. The number of halogens is 3. The summed E-state index contributed by atoms with van der Waals surface area (Å²) in [7, 11) is 0. The van der Waals surface area contributed by atoms with E-state index in [0.29, 0.717) is 17.7 Å². The molecule has 0 unspecified atom stereocenters. The predicted octanol–water partition coefficient (Wildman–Crippen LogP) is 2.77. The highest BCUT2D eigenvalue weighted by Gasteiger charge is 2.32. The van der Waals surface area contributed by atoms with Crippen LogP contribution < -0.4 is 0 Å². The SMILES string of the molecule is FC(F)(F)c1cc(C#CCCS)ccn1. The summed E-state index contributed by atoms with van der Waals surface area (Å²) >= 11 is 3.94. The van der Waals surface area contributed by atoms with E-state index in [-0.39, 0.29) is 0 Å². The molecule has 1 aromatic rings. The summed E-state index contributed by atoms with van der Waals surface area (Å²) in [5, 5.41) is 0. The molecule has 0 amide bonds. The molecule has 1 heterocycles. The largest absolute Gasteiger partial charge is 0.433 e. The quantitative estimate of drug-likeness (QED) is 0.579. The zero-order valence-electron chi connectivity index (χ0n) is 7.67. The molecule has 1 rings (SSSR count). The van der Waals surface area contributed by atoms with Crippen molar-refractivity contribution in [3.63, 3.8) is 0 Å². The number of pyridine rings is 1. The fourth-order valence-corrected chi connectivity index (χ4v) is 0.996. The minimum atomic E-state index is -4.42. The summed E-state index contributed by atoms with van der Waals surface area (Å²) in [4.78, 5) is 3.23. The van der Waals surface area contributed by atoms with Crippen LogP contribution in [0.2, 0.25) is 0 Å². The molecular weight excluding hydrogens is 223 g/mol. The molecule has 0 saturated heterocycles. The topological polar surface area (TPSA) is 12.9 Å². The maximum Gasteiger partial charge on any atom is 0.433 e. The Labute approximate surface area is 91.1 Å². The van der Waals surface area contributed by atoms with Crippen LogP contribution in [0.15, 0.2) is 18.3 Å². The van der Waals surface area contributed by atoms with Gasteiger partial charge in [0.1, 0.15) is 5.69 Å². The van der Waals surface area contributed by atoms with E-state index in [4.69, 9.17) is 0 Å². The van der Waals surface area contributed by atoms with Crippen molar-refractivity contribution in [2.75, 3.05) is 5.75 Å². The average Bonchev–Trinajstić information content (AvgIpc) is 2.17. The molecule has 0 aliphatic rings. The number of alkyl halides is 3. The van der Waals surface area contributed by atoms with Gasteiger partial charge >= 0.3 is 6.18 Å². The third kappa shape index (κ3) is 3.84. The zero-order chi connectivity index (χ0) is 11.3. The van der Waals surface area contributed by atoms with Crippen LogP contribution in [0, 0.1) is 11.8 Å². The van der Waals surface area contributed by atoms with Crippen LogP contribution in [0.4, 0.5) is 13.2 Å². The van der Waals surface area contributed by atoms with Crippen molar-refractivity contribution in [2.45, 2.75) is 12.6 Å². The Kier molecular flexibility index (Phi) is 4.04. The smallest absolute Gasteiger partial charge is 0.252 e. The first-order valence-electron chi connectivity index (χ1n) is 4.17. The number of aromatic nitrogens is 1. The number of thiol groups is 1. The van der Waals surface area contributed by atoms with Gasteiger partial charge in [-0.15, -0.1) is 0 Å². The van der Waals surface area contributed by atoms with Gasteiger partial charge in [0.25, 0.3) is 0 Å². The minimum Gasteiger partial charge on any atom is -0.252 e. The van der Waals surface area contributed by atoms with Gasteiger partial charge in [0.05, 0.1) is 0 Å². The van der Waals surface area contributed by atoms with Crippen molar-refractivity contribution in [1.82, 2.24) is 4.98 Å². The zero-order valence-corrected chi connectivity index (χ0v) is 8.57. The van der Waals surface area contributed by atoms with Crippen molar-refractivity contribution < 1.29 is 13.2 Å². The summed E-state index contributed by atoms with van der Waals surface area (Å²) in [5.74, 6) is 5.92. The lowest BCUT2D eigenvalue weighted by Gasteiger charge is -2.04. The van der Waals surface area contributed by atoms with Gasteiger partial charge in [-0.2, -0.15) is 25.8 Å². The van der Waals surface area contributed by atoms with Gasteiger partial charge in [-0.1, -0.05) is 11.8 Å². The van der Waals surface area contributed by atoms with Gasteiger partial charge in [-0.3, -0.25) is 4.98 Å². The number of hydrogen-bond acceptors (Lipinski definition) is 2. The minimum absolute atomic E-state index is 0.319. The first kappa shape index (κ1) is 11.9. The maximum atomic E-state index is 12.2. The highest BCUT2D eigenvalue weighted by Crippen LogP contribution is 2.27. The number of hydrogen-bond donors (Lipinski definition) is 1. The van der Waals surface area contributed by atoms with E-state index >= 15 is 0 Å². The highest BCUT2D eigenvalue weighted by atomic mass is 32.1. The molecule has 0 fully saturated rings. The third-order valence-electron chi connectivity index (χ3n) is 1.52. The van der Waals surface area contributed by atoms with Gasteiger partial charge in [0.15, 0.2) is 0 Å². The summed E-state index contributed by atoms with van der Waals surface area (Å²) in [5.41, 5.74) is -0.598. The molecule has 0 saturated carbocycles. The van der Waals surface area contributed by atoms with Gasteiger partial charge in [0, 0.05) is 23.9 Å². The van der Waals surface area contributed by atoms with Gasteiger partial charge in [-0.05, 0) is 12.1 Å². The fraction of sp³-hybridized carbons (Fsp3) is 0.300. The van der Waals surface area contributed by atoms with Crippen LogP contribution in [-0.2, 0) is 6.18 Å². The molecule has 0 aromatic carbocycles. The highest BCUT2D eigenvalue weighted by molar-refractivity contribution is 7.80. The fourth-order valence-electron chi connectivity index (χ4n) is 0.884.